The van der Waals surface area contributed by atoms with Gasteiger partial charge in [0.05, 0.1) is 6.20 Å². The van der Waals surface area contributed by atoms with Crippen LogP contribution in [0.4, 0.5) is 22.0 Å². The highest BCUT2D eigenvalue weighted by Gasteiger charge is 2.38. The average molecular weight is 447 g/mol. The van der Waals surface area contributed by atoms with Crippen LogP contribution >= 0.6 is 0 Å². The zero-order valence-electron chi connectivity index (χ0n) is 16.0. The lowest BCUT2D eigenvalue weighted by molar-refractivity contribution is -0.173. The number of hydrogen-bond acceptors (Lipinski definition) is 7. The summed E-state index contributed by atoms with van der Waals surface area (Å²) in [5, 5.41) is 17.6. The molecule has 0 radical (unpaired) electrons. The van der Waals surface area contributed by atoms with Gasteiger partial charge in [-0.15, -0.1) is 5.10 Å². The number of benzene rings is 1. The zero-order chi connectivity index (χ0) is 22.9. The van der Waals surface area contributed by atoms with Gasteiger partial charge in [-0.3, -0.25) is 4.98 Å². The maximum Gasteiger partial charge on any atom is 0.387 e. The quantitative estimate of drug-likeness (QED) is 0.529. The predicted octanol–water partition coefficient (Wildman–Crippen LogP) is 3.38. The number of aliphatic hydroxyl groups is 1. The number of hydrogen-bond donors (Lipinski definition) is 1. The number of halogens is 5. The second-order valence-electron chi connectivity index (χ2n) is 5.93. The number of nitrogens with zero attached hydrogens (tertiary/aromatic N) is 5. The summed E-state index contributed by atoms with van der Waals surface area (Å²) >= 11 is 0. The maximum atomic E-state index is 13.9. The number of tetrazole rings is 1. The van der Waals surface area contributed by atoms with E-state index in [-0.39, 0.29) is 17.0 Å². The van der Waals surface area contributed by atoms with Gasteiger partial charge in [0.1, 0.15) is 30.5 Å². The third-order valence-electron chi connectivity index (χ3n) is 3.65. The van der Waals surface area contributed by atoms with Gasteiger partial charge in [0.2, 0.25) is 0 Å². The second-order valence-corrected chi connectivity index (χ2v) is 5.93. The van der Waals surface area contributed by atoms with E-state index in [0.29, 0.717) is 11.3 Å². The molecular weight excluding hydrogens is 429 g/mol. The Labute approximate surface area is 173 Å². The smallest absolute Gasteiger partial charge is 0.387 e. The van der Waals surface area contributed by atoms with Crippen LogP contribution in [0.15, 0.2) is 55.1 Å². The summed E-state index contributed by atoms with van der Waals surface area (Å²) in [7, 11) is 0. The topological polar surface area (TPSA) is 95.2 Å². The summed E-state index contributed by atoms with van der Waals surface area (Å²) in [5.74, 6) is 0.455. The summed E-state index contributed by atoms with van der Waals surface area (Å²) in [6.07, 6.45) is 0.627. The van der Waals surface area contributed by atoms with Crippen LogP contribution < -0.4 is 9.47 Å². The Hall–Kier alpha value is -3.35. The van der Waals surface area contributed by atoms with Crippen molar-refractivity contribution < 1.29 is 36.5 Å². The summed E-state index contributed by atoms with van der Waals surface area (Å²) in [4.78, 5) is 3.84. The summed E-state index contributed by atoms with van der Waals surface area (Å²) < 4.78 is 72.8. The van der Waals surface area contributed by atoms with Crippen molar-refractivity contribution in [3.63, 3.8) is 0 Å². The van der Waals surface area contributed by atoms with Gasteiger partial charge >= 0.3 is 12.7 Å². The van der Waals surface area contributed by atoms with Gasteiger partial charge in [0.25, 0.3) is 0 Å². The minimum Gasteiger partial charge on any atom is -0.489 e. The molecule has 31 heavy (non-hydrogen) atoms. The molecule has 8 nitrogen and oxygen atoms in total. The van der Waals surface area contributed by atoms with Crippen LogP contribution in [0.2, 0.25) is 0 Å². The molecular formula is C18H18F5N5O3. The summed E-state index contributed by atoms with van der Waals surface area (Å²) in [5.41, 5.74) is 0.329. The van der Waals surface area contributed by atoms with Crippen molar-refractivity contribution in [2.24, 2.45) is 0 Å². The third kappa shape index (κ3) is 7.44. The van der Waals surface area contributed by atoms with Crippen LogP contribution in [0.25, 0.3) is 0 Å². The van der Waals surface area contributed by atoms with Crippen LogP contribution in [-0.2, 0) is 6.05 Å². The molecule has 1 N–H and O–H groups in total. The monoisotopic (exact) mass is 447 g/mol. The van der Waals surface area contributed by atoms with E-state index in [1.165, 1.54) is 30.5 Å². The predicted molar refractivity (Wildman–Crippen MR) is 96.3 cm³/mol. The molecule has 0 aliphatic carbocycles. The zero-order valence-corrected chi connectivity index (χ0v) is 16.0. The fraction of sp³-hybridized carbons (Fsp3) is 0.333. The fourth-order valence-electron chi connectivity index (χ4n) is 2.05. The molecule has 0 saturated heterocycles. The second kappa shape index (κ2) is 11.2. The molecule has 1 aromatic carbocycles. The van der Waals surface area contributed by atoms with E-state index in [1.807, 2.05) is 0 Å². The SMILES string of the molecule is CC(O)C(F)(F)n1cnnn1.FC(F)Oc1ccc(C(F)COc2cccnc2)cc1. The Kier molecular flexibility index (Phi) is 8.61. The van der Waals surface area contributed by atoms with Crippen molar-refractivity contribution in [1.82, 2.24) is 25.2 Å². The van der Waals surface area contributed by atoms with Crippen molar-refractivity contribution in [3.8, 4) is 11.5 Å². The molecule has 2 unspecified atom stereocenters. The van der Waals surface area contributed by atoms with Crippen molar-refractivity contribution in [3.05, 3.63) is 60.7 Å². The van der Waals surface area contributed by atoms with E-state index < -0.39 is 24.9 Å². The molecule has 13 heteroatoms. The summed E-state index contributed by atoms with van der Waals surface area (Å²) in [6, 6.07) is 5.25. The Balaban J connectivity index is 0.000000262. The number of aliphatic hydroxyl groups excluding tert-OH is 1. The van der Waals surface area contributed by atoms with Gasteiger partial charge in [-0.2, -0.15) is 22.2 Å². The van der Waals surface area contributed by atoms with Crippen LogP contribution in [0.1, 0.15) is 18.7 Å². The summed E-state index contributed by atoms with van der Waals surface area (Å²) in [6.45, 7) is -2.11. The lowest BCUT2D eigenvalue weighted by Crippen LogP contribution is -2.35. The van der Waals surface area contributed by atoms with E-state index in [2.05, 4.69) is 25.2 Å². The molecule has 2 atom stereocenters. The fourth-order valence-corrected chi connectivity index (χ4v) is 2.05. The number of alkyl halides is 5. The van der Waals surface area contributed by atoms with E-state index in [9.17, 15) is 22.0 Å². The highest BCUT2D eigenvalue weighted by atomic mass is 19.3. The molecule has 0 bridgehead atoms. The molecule has 3 rings (SSSR count). The lowest BCUT2D eigenvalue weighted by Gasteiger charge is -2.17. The van der Waals surface area contributed by atoms with Gasteiger partial charge in [-0.05, 0) is 47.2 Å². The highest BCUT2D eigenvalue weighted by Crippen LogP contribution is 2.23. The molecule has 0 saturated carbocycles. The van der Waals surface area contributed by atoms with Crippen LogP contribution in [0.3, 0.4) is 0 Å². The Morgan fingerprint density at radius 3 is 2.32 bits per heavy atom. The molecule has 2 aromatic heterocycles. The minimum atomic E-state index is -3.44. The average Bonchev–Trinajstić information content (AvgIpc) is 3.29. The third-order valence-corrected chi connectivity index (χ3v) is 3.65. The minimum absolute atomic E-state index is 0.0101. The lowest BCUT2D eigenvalue weighted by atomic mass is 10.1. The van der Waals surface area contributed by atoms with Crippen molar-refractivity contribution >= 4 is 0 Å². The van der Waals surface area contributed by atoms with Gasteiger partial charge < -0.3 is 14.6 Å². The van der Waals surface area contributed by atoms with Crippen molar-refractivity contribution in [1.29, 1.82) is 0 Å². The largest absolute Gasteiger partial charge is 0.489 e. The van der Waals surface area contributed by atoms with E-state index in [1.54, 1.807) is 18.3 Å². The van der Waals surface area contributed by atoms with Crippen LogP contribution in [0.5, 0.6) is 11.5 Å². The van der Waals surface area contributed by atoms with Gasteiger partial charge in [-0.25, -0.2) is 4.39 Å². The Bertz CT molecular complexity index is 883. The van der Waals surface area contributed by atoms with Gasteiger partial charge in [-0.1, -0.05) is 12.1 Å². The first kappa shape index (κ1) is 23.9. The van der Waals surface area contributed by atoms with Crippen molar-refractivity contribution in [2.75, 3.05) is 6.61 Å². The normalized spacial score (nSPS) is 13.2. The van der Waals surface area contributed by atoms with Crippen LogP contribution in [0, 0.1) is 0 Å². The van der Waals surface area contributed by atoms with E-state index in [0.717, 1.165) is 13.3 Å². The molecule has 3 aromatic rings. The molecule has 0 spiro atoms. The first-order valence-corrected chi connectivity index (χ1v) is 8.71. The molecule has 0 amide bonds. The Morgan fingerprint density at radius 2 is 1.81 bits per heavy atom. The molecule has 0 aliphatic heterocycles. The number of pyridine rings is 1. The highest BCUT2D eigenvalue weighted by molar-refractivity contribution is 5.28. The molecule has 0 fully saturated rings. The van der Waals surface area contributed by atoms with Crippen molar-refractivity contribution in [2.45, 2.75) is 31.9 Å². The molecule has 168 valence electrons. The number of ether oxygens (including phenoxy) is 2. The van der Waals surface area contributed by atoms with Crippen LogP contribution in [-0.4, -0.2) is 49.6 Å². The standard InChI is InChI=1S/C14H12F3NO2.C4H6F2N4O/c15-13(9-19-12-2-1-7-18-8-12)10-3-5-11(6-4-10)20-14(16)17;1-3(11)4(5,6)10-2-7-8-9-10/h1-8,13-14H,9H2;2-3,11H,1H3. The number of rotatable bonds is 8. The Morgan fingerprint density at radius 1 is 1.10 bits per heavy atom. The first-order valence-electron chi connectivity index (χ1n) is 8.71. The van der Waals surface area contributed by atoms with Gasteiger partial charge in [0.15, 0.2) is 6.17 Å². The van der Waals surface area contributed by atoms with E-state index in [4.69, 9.17) is 9.84 Å². The molecule has 0 aliphatic rings. The molecule has 2 heterocycles. The number of aromatic nitrogens is 5. The first-order chi connectivity index (χ1) is 14.7. The van der Waals surface area contributed by atoms with Gasteiger partial charge in [0, 0.05) is 6.20 Å². The maximum absolute atomic E-state index is 13.9. The van der Waals surface area contributed by atoms with E-state index >= 15 is 0 Å².